The summed E-state index contributed by atoms with van der Waals surface area (Å²) >= 11 is 0. The monoisotopic (exact) mass is 522 g/mol. The van der Waals surface area contributed by atoms with Crippen molar-refractivity contribution in [3.63, 3.8) is 0 Å². The summed E-state index contributed by atoms with van der Waals surface area (Å²) in [6.07, 6.45) is 1.87. The molecule has 10 heteroatoms. The van der Waals surface area contributed by atoms with E-state index >= 15 is 0 Å². The Hall–Kier alpha value is -3.79. The molecule has 9 nitrogen and oxygen atoms in total. The third-order valence-electron chi connectivity index (χ3n) is 7.72. The van der Waals surface area contributed by atoms with Gasteiger partial charge in [0.2, 0.25) is 17.4 Å². The van der Waals surface area contributed by atoms with E-state index in [0.717, 1.165) is 28.9 Å². The highest BCUT2D eigenvalue weighted by molar-refractivity contribution is 6.06. The lowest BCUT2D eigenvalue weighted by atomic mass is 9.94. The molecule has 2 aromatic rings. The molecule has 200 valence electrons. The van der Waals surface area contributed by atoms with Crippen LogP contribution in [0.5, 0.6) is 0 Å². The van der Waals surface area contributed by atoms with Gasteiger partial charge in [0.25, 0.3) is 5.91 Å². The fourth-order valence-corrected chi connectivity index (χ4v) is 5.29. The summed E-state index contributed by atoms with van der Waals surface area (Å²) in [5, 5.41) is 2.73. The number of imide groups is 1. The lowest BCUT2D eigenvalue weighted by molar-refractivity contribution is -0.143. The molecule has 3 N–H and O–H groups in total. The van der Waals surface area contributed by atoms with Crippen LogP contribution in [0.25, 0.3) is 0 Å². The molecule has 5 rings (SSSR count). The number of carbonyl (C=O) groups is 4. The van der Waals surface area contributed by atoms with E-state index in [1.54, 1.807) is 42.2 Å². The minimum Gasteiger partial charge on any atom is -0.427 e. The first-order chi connectivity index (χ1) is 18.1. The molecule has 0 aromatic heterocycles. The van der Waals surface area contributed by atoms with Crippen molar-refractivity contribution in [3.8, 4) is 0 Å². The molecule has 4 amide bonds. The van der Waals surface area contributed by atoms with Crippen LogP contribution in [0.15, 0.2) is 42.5 Å². The summed E-state index contributed by atoms with van der Waals surface area (Å²) in [6, 6.07) is 10.2. The molecule has 2 aliphatic carbocycles. The first-order valence-corrected chi connectivity index (χ1v) is 12.9. The molecule has 38 heavy (non-hydrogen) atoms. The van der Waals surface area contributed by atoms with Crippen LogP contribution >= 0.6 is 0 Å². The third-order valence-corrected chi connectivity index (χ3v) is 7.72. The van der Waals surface area contributed by atoms with Crippen molar-refractivity contribution in [1.82, 2.24) is 9.80 Å². The molecule has 0 bridgehead atoms. The summed E-state index contributed by atoms with van der Waals surface area (Å²) in [4.78, 5) is 54.5. The van der Waals surface area contributed by atoms with Crippen LogP contribution in [0.3, 0.4) is 0 Å². The highest BCUT2D eigenvalue weighted by atomic mass is 19.1. The van der Waals surface area contributed by atoms with Crippen LogP contribution in [-0.2, 0) is 37.7 Å². The Morgan fingerprint density at radius 2 is 1.89 bits per heavy atom. The first kappa shape index (κ1) is 25.8. The van der Waals surface area contributed by atoms with Crippen LogP contribution in [0.2, 0.25) is 0 Å². The minimum absolute atomic E-state index is 0.0904. The van der Waals surface area contributed by atoms with Gasteiger partial charge in [-0.25, -0.2) is 14.1 Å². The molecule has 1 heterocycles. The zero-order chi connectivity index (χ0) is 27.2. The van der Waals surface area contributed by atoms with Gasteiger partial charge in [-0.2, -0.15) is 0 Å². The van der Waals surface area contributed by atoms with Crippen LogP contribution in [0.1, 0.15) is 49.8 Å². The van der Waals surface area contributed by atoms with Crippen molar-refractivity contribution in [2.24, 2.45) is 11.7 Å². The second-order valence-corrected chi connectivity index (χ2v) is 10.5. The van der Waals surface area contributed by atoms with E-state index in [2.05, 4.69) is 5.32 Å². The van der Waals surface area contributed by atoms with E-state index in [-0.39, 0.29) is 36.6 Å². The normalized spacial score (nSPS) is 21.7. The highest BCUT2D eigenvalue weighted by Gasteiger charge is 2.58. The number of rotatable bonds is 8. The van der Waals surface area contributed by atoms with Crippen molar-refractivity contribution in [1.29, 1.82) is 0 Å². The number of anilines is 1. The van der Waals surface area contributed by atoms with Gasteiger partial charge >= 0.3 is 6.09 Å². The number of amides is 4. The summed E-state index contributed by atoms with van der Waals surface area (Å²) in [6.45, 7) is 3.35. The second kappa shape index (κ2) is 9.83. The average Bonchev–Trinajstić information content (AvgIpc) is 3.64. The van der Waals surface area contributed by atoms with Gasteiger partial charge in [-0.1, -0.05) is 18.2 Å². The quantitative estimate of drug-likeness (QED) is 0.550. The molecule has 1 unspecified atom stereocenters. The van der Waals surface area contributed by atoms with Gasteiger partial charge in [0.15, 0.2) is 0 Å². The number of benzene rings is 2. The Bertz CT molecular complexity index is 1290. The minimum atomic E-state index is -1.49. The fraction of sp³-hybridized carbons (Fsp3) is 0.429. The Balaban J connectivity index is 1.34. The molecule has 2 aromatic carbocycles. The van der Waals surface area contributed by atoms with Crippen molar-refractivity contribution < 1.29 is 28.3 Å². The second-order valence-electron chi connectivity index (χ2n) is 10.5. The summed E-state index contributed by atoms with van der Waals surface area (Å²) in [7, 11) is 0. The van der Waals surface area contributed by atoms with E-state index in [9.17, 15) is 23.6 Å². The van der Waals surface area contributed by atoms with E-state index in [1.165, 1.54) is 12.1 Å². The Morgan fingerprint density at radius 1 is 1.18 bits per heavy atom. The van der Waals surface area contributed by atoms with E-state index in [0.29, 0.717) is 23.6 Å². The number of carbonyl (C=O) groups excluding carboxylic acids is 4. The SMILES string of the molecule is C[C@@H](N)C(=O)Nc1ccc2c(c1)CCC21OC(=O)N(CC(=O)N(Cc2ccc(F)cc2)[C@@H](C)C2CC2)C1=O. The standard InChI is InChI=1S/C28H31FN4O5/c1-16(30)25(35)31-22-9-10-23-20(13-22)11-12-28(23)26(36)33(27(37)38-28)15-24(34)32(17(2)19-5-6-19)14-18-3-7-21(29)8-4-18/h3-4,7-10,13,16-17,19H,5-6,11-12,14-15,30H2,1-2H3,(H,31,35)/t16-,17+,28?/m1/s1. The molecule has 3 atom stereocenters. The Labute approximate surface area is 220 Å². The summed E-state index contributed by atoms with van der Waals surface area (Å²) < 4.78 is 19.1. The third kappa shape index (κ3) is 4.76. The molecule has 1 aliphatic heterocycles. The van der Waals surface area contributed by atoms with Crippen molar-refractivity contribution in [2.75, 3.05) is 11.9 Å². The summed E-state index contributed by atoms with van der Waals surface area (Å²) in [5.74, 6) is -1.29. The van der Waals surface area contributed by atoms with E-state index in [1.807, 2.05) is 6.92 Å². The Morgan fingerprint density at radius 3 is 2.55 bits per heavy atom. The number of halogens is 1. The molecular weight excluding hydrogens is 491 g/mol. The predicted octanol–water partition coefficient (Wildman–Crippen LogP) is 3.06. The van der Waals surface area contributed by atoms with Crippen LogP contribution in [0, 0.1) is 11.7 Å². The molecular formula is C28H31FN4O5. The largest absolute Gasteiger partial charge is 0.427 e. The van der Waals surface area contributed by atoms with Gasteiger partial charge in [-0.3, -0.25) is 14.4 Å². The number of hydrogen-bond acceptors (Lipinski definition) is 6. The predicted molar refractivity (Wildman–Crippen MR) is 136 cm³/mol. The maximum absolute atomic E-state index is 13.6. The topological polar surface area (TPSA) is 122 Å². The van der Waals surface area contributed by atoms with Gasteiger partial charge in [0.1, 0.15) is 12.4 Å². The van der Waals surface area contributed by atoms with Gasteiger partial charge in [-0.15, -0.1) is 0 Å². The van der Waals surface area contributed by atoms with Crippen LogP contribution in [-0.4, -0.2) is 52.2 Å². The smallest absolute Gasteiger partial charge is 0.418 e. The van der Waals surface area contributed by atoms with Gasteiger partial charge in [0, 0.05) is 30.3 Å². The van der Waals surface area contributed by atoms with Gasteiger partial charge < -0.3 is 20.7 Å². The Kier molecular flexibility index (Phi) is 6.68. The number of hydrogen-bond donors (Lipinski definition) is 2. The number of nitrogens with one attached hydrogen (secondary N) is 1. The number of aryl methyl sites for hydroxylation is 1. The summed E-state index contributed by atoms with van der Waals surface area (Å²) in [5.41, 5.74) is 6.77. The number of fused-ring (bicyclic) bond motifs is 2. The lowest BCUT2D eigenvalue weighted by Gasteiger charge is -2.30. The zero-order valence-corrected chi connectivity index (χ0v) is 21.4. The molecule has 1 saturated carbocycles. The van der Waals surface area contributed by atoms with E-state index in [4.69, 9.17) is 10.5 Å². The van der Waals surface area contributed by atoms with Crippen molar-refractivity contribution in [3.05, 3.63) is 65.0 Å². The van der Waals surface area contributed by atoms with E-state index < -0.39 is 30.2 Å². The van der Waals surface area contributed by atoms with Crippen molar-refractivity contribution in [2.45, 2.75) is 63.8 Å². The average molecular weight is 523 g/mol. The maximum Gasteiger partial charge on any atom is 0.418 e. The molecule has 1 spiro atoms. The van der Waals surface area contributed by atoms with Gasteiger partial charge in [-0.05, 0) is 74.4 Å². The number of nitrogens with two attached hydrogens (primary N) is 1. The van der Waals surface area contributed by atoms with Crippen LogP contribution < -0.4 is 11.1 Å². The number of ether oxygens (including phenoxy) is 1. The molecule has 3 aliphatic rings. The fourth-order valence-electron chi connectivity index (χ4n) is 5.29. The van der Waals surface area contributed by atoms with Crippen LogP contribution in [0.4, 0.5) is 14.9 Å². The van der Waals surface area contributed by atoms with Gasteiger partial charge in [0.05, 0.1) is 6.04 Å². The highest BCUT2D eigenvalue weighted by Crippen LogP contribution is 2.46. The number of nitrogens with zero attached hydrogens (tertiary/aromatic N) is 2. The first-order valence-electron chi connectivity index (χ1n) is 12.9. The lowest BCUT2D eigenvalue weighted by Crippen LogP contribution is -2.47. The molecule has 2 fully saturated rings. The molecule has 0 radical (unpaired) electrons. The van der Waals surface area contributed by atoms with Crippen molar-refractivity contribution >= 4 is 29.5 Å². The molecule has 1 saturated heterocycles. The zero-order valence-electron chi connectivity index (χ0n) is 21.4. The maximum atomic E-state index is 13.6.